The molecule has 0 radical (unpaired) electrons. The third-order valence-electron chi connectivity index (χ3n) is 3.63. The molecule has 0 aliphatic heterocycles. The summed E-state index contributed by atoms with van der Waals surface area (Å²) in [5.74, 6) is -0.286. The summed E-state index contributed by atoms with van der Waals surface area (Å²) in [6, 6.07) is 20.6. The highest BCUT2D eigenvalue weighted by Gasteiger charge is 2.05. The quantitative estimate of drug-likeness (QED) is 0.379. The van der Waals surface area contributed by atoms with Crippen LogP contribution >= 0.6 is 12.2 Å². The van der Waals surface area contributed by atoms with Crippen molar-refractivity contribution in [3.8, 4) is 5.75 Å². The lowest BCUT2D eigenvalue weighted by Crippen LogP contribution is -2.32. The first kappa shape index (κ1) is 16.7. The number of fused-ring (bicyclic) bond motifs is 1. The van der Waals surface area contributed by atoms with Crippen LogP contribution in [0.5, 0.6) is 5.75 Å². The van der Waals surface area contributed by atoms with E-state index in [2.05, 4.69) is 10.6 Å². The molecule has 3 aromatic carbocycles. The Kier molecular flexibility index (Phi) is 5.06. The van der Waals surface area contributed by atoms with E-state index < -0.39 is 0 Å². The van der Waals surface area contributed by atoms with Crippen molar-refractivity contribution in [2.24, 2.45) is 0 Å². The number of anilines is 1. The van der Waals surface area contributed by atoms with E-state index in [-0.39, 0.29) is 16.8 Å². The third kappa shape index (κ3) is 4.22. The molecular formula is C20H16N2O2S. The molecule has 0 atom stereocenters. The van der Waals surface area contributed by atoms with Crippen LogP contribution in [0.3, 0.4) is 0 Å². The molecule has 0 saturated carbocycles. The normalized spacial score (nSPS) is 10.7. The largest absolute Gasteiger partial charge is 0.506 e. The summed E-state index contributed by atoms with van der Waals surface area (Å²) in [5, 5.41) is 17.3. The van der Waals surface area contributed by atoms with Crippen LogP contribution in [0, 0.1) is 0 Å². The molecule has 4 nitrogen and oxygen atoms in total. The molecule has 0 unspecified atom stereocenters. The highest BCUT2D eigenvalue weighted by molar-refractivity contribution is 7.80. The van der Waals surface area contributed by atoms with E-state index in [1.165, 1.54) is 12.1 Å². The molecule has 124 valence electrons. The molecule has 1 amide bonds. The summed E-state index contributed by atoms with van der Waals surface area (Å²) in [6.45, 7) is 0. The first-order valence-corrected chi connectivity index (χ1v) is 8.10. The van der Waals surface area contributed by atoms with Gasteiger partial charge in [0.05, 0.1) is 5.69 Å². The van der Waals surface area contributed by atoms with Crippen LogP contribution in [0.25, 0.3) is 16.8 Å². The van der Waals surface area contributed by atoms with Gasteiger partial charge in [-0.1, -0.05) is 54.6 Å². The van der Waals surface area contributed by atoms with Gasteiger partial charge in [-0.05, 0) is 46.8 Å². The number of amides is 1. The molecule has 3 rings (SSSR count). The Morgan fingerprint density at radius 3 is 2.52 bits per heavy atom. The lowest BCUT2D eigenvalue weighted by molar-refractivity contribution is -0.115. The SMILES string of the molecule is O=C(/C=C/c1cccc2ccccc12)NC(=S)Nc1ccccc1O. The van der Waals surface area contributed by atoms with Crippen LogP contribution in [-0.2, 0) is 4.79 Å². The van der Waals surface area contributed by atoms with Gasteiger partial charge in [0.25, 0.3) is 0 Å². The van der Waals surface area contributed by atoms with Crippen molar-refractivity contribution in [3.05, 3.63) is 78.4 Å². The number of phenolic OH excluding ortho intramolecular Hbond substituents is 1. The van der Waals surface area contributed by atoms with E-state index in [9.17, 15) is 9.90 Å². The van der Waals surface area contributed by atoms with Gasteiger partial charge in [0.2, 0.25) is 5.91 Å². The van der Waals surface area contributed by atoms with Crippen molar-refractivity contribution in [2.45, 2.75) is 0 Å². The molecule has 0 saturated heterocycles. The molecule has 0 spiro atoms. The minimum atomic E-state index is -0.346. The summed E-state index contributed by atoms with van der Waals surface area (Å²) < 4.78 is 0. The first-order valence-electron chi connectivity index (χ1n) is 7.69. The molecule has 0 heterocycles. The molecule has 5 heteroatoms. The lowest BCUT2D eigenvalue weighted by Gasteiger charge is -2.09. The number of carbonyl (C=O) groups is 1. The topological polar surface area (TPSA) is 61.4 Å². The standard InChI is InChI=1S/C20H16N2O2S/c23-18-11-4-3-10-17(18)21-20(25)22-19(24)13-12-15-8-5-7-14-6-1-2-9-16(14)15/h1-13,23H,(H2,21,22,24,25)/b13-12+. The Morgan fingerprint density at radius 1 is 0.960 bits per heavy atom. The number of aromatic hydroxyl groups is 1. The molecule has 0 bridgehead atoms. The second-order valence-electron chi connectivity index (χ2n) is 5.36. The van der Waals surface area contributed by atoms with Gasteiger partial charge < -0.3 is 10.4 Å². The van der Waals surface area contributed by atoms with E-state index in [0.717, 1.165) is 16.3 Å². The number of rotatable bonds is 3. The zero-order valence-electron chi connectivity index (χ0n) is 13.3. The maximum absolute atomic E-state index is 12.1. The van der Waals surface area contributed by atoms with Gasteiger partial charge in [-0.15, -0.1) is 0 Å². The number of nitrogens with one attached hydrogen (secondary N) is 2. The number of carbonyl (C=O) groups excluding carboxylic acids is 1. The van der Waals surface area contributed by atoms with E-state index in [1.807, 2.05) is 42.5 Å². The number of phenols is 1. The number of hydrogen-bond donors (Lipinski definition) is 3. The Morgan fingerprint density at radius 2 is 1.68 bits per heavy atom. The molecule has 3 aromatic rings. The van der Waals surface area contributed by atoms with Crippen molar-refractivity contribution < 1.29 is 9.90 Å². The van der Waals surface area contributed by atoms with Gasteiger partial charge in [-0.3, -0.25) is 10.1 Å². The van der Waals surface area contributed by atoms with Crippen LogP contribution in [0.1, 0.15) is 5.56 Å². The van der Waals surface area contributed by atoms with E-state index >= 15 is 0 Å². The van der Waals surface area contributed by atoms with Crippen molar-refractivity contribution in [1.82, 2.24) is 5.32 Å². The third-order valence-corrected chi connectivity index (χ3v) is 3.83. The predicted molar refractivity (Wildman–Crippen MR) is 105 cm³/mol. The van der Waals surface area contributed by atoms with Crippen LogP contribution in [-0.4, -0.2) is 16.1 Å². The van der Waals surface area contributed by atoms with Crippen LogP contribution in [0.2, 0.25) is 0 Å². The van der Waals surface area contributed by atoms with Gasteiger partial charge in [0.1, 0.15) is 5.75 Å². The monoisotopic (exact) mass is 348 g/mol. The summed E-state index contributed by atoms with van der Waals surface area (Å²) >= 11 is 5.09. The average molecular weight is 348 g/mol. The van der Waals surface area contributed by atoms with Gasteiger partial charge in [-0.25, -0.2) is 0 Å². The summed E-state index contributed by atoms with van der Waals surface area (Å²) in [4.78, 5) is 12.1. The number of para-hydroxylation sites is 2. The minimum absolute atomic E-state index is 0.0606. The van der Waals surface area contributed by atoms with Gasteiger partial charge >= 0.3 is 0 Å². The molecule has 0 fully saturated rings. The number of thiocarbonyl (C=S) groups is 1. The second kappa shape index (κ2) is 7.59. The number of hydrogen-bond acceptors (Lipinski definition) is 3. The Labute approximate surface area is 150 Å². The maximum atomic E-state index is 12.1. The van der Waals surface area contributed by atoms with Gasteiger partial charge in [0.15, 0.2) is 5.11 Å². The summed E-state index contributed by atoms with van der Waals surface area (Å²) in [5.41, 5.74) is 1.39. The van der Waals surface area contributed by atoms with E-state index in [4.69, 9.17) is 12.2 Å². The molecule has 0 aromatic heterocycles. The average Bonchev–Trinajstić information content (AvgIpc) is 2.62. The number of benzene rings is 3. The Hall–Kier alpha value is -3.18. The zero-order chi connectivity index (χ0) is 17.6. The van der Waals surface area contributed by atoms with Crippen LogP contribution in [0.4, 0.5) is 5.69 Å². The Bertz CT molecular complexity index is 961. The highest BCUT2D eigenvalue weighted by Crippen LogP contribution is 2.21. The fourth-order valence-electron chi connectivity index (χ4n) is 2.45. The fourth-order valence-corrected chi connectivity index (χ4v) is 2.66. The fraction of sp³-hybridized carbons (Fsp3) is 0. The minimum Gasteiger partial charge on any atom is -0.506 e. The van der Waals surface area contributed by atoms with E-state index in [1.54, 1.807) is 24.3 Å². The smallest absolute Gasteiger partial charge is 0.250 e. The zero-order valence-corrected chi connectivity index (χ0v) is 14.1. The first-order chi connectivity index (χ1) is 12.1. The summed E-state index contributed by atoms with van der Waals surface area (Å²) in [6.07, 6.45) is 3.18. The summed E-state index contributed by atoms with van der Waals surface area (Å²) in [7, 11) is 0. The lowest BCUT2D eigenvalue weighted by atomic mass is 10.0. The Balaban J connectivity index is 1.66. The van der Waals surface area contributed by atoms with Crippen molar-refractivity contribution >= 4 is 45.8 Å². The van der Waals surface area contributed by atoms with Crippen LogP contribution < -0.4 is 10.6 Å². The maximum Gasteiger partial charge on any atom is 0.250 e. The molecule has 0 aliphatic carbocycles. The highest BCUT2D eigenvalue weighted by atomic mass is 32.1. The molecule has 3 N–H and O–H groups in total. The van der Waals surface area contributed by atoms with Crippen LogP contribution in [0.15, 0.2) is 72.8 Å². The van der Waals surface area contributed by atoms with Gasteiger partial charge in [-0.2, -0.15) is 0 Å². The molecular weight excluding hydrogens is 332 g/mol. The van der Waals surface area contributed by atoms with Crippen molar-refractivity contribution in [1.29, 1.82) is 0 Å². The van der Waals surface area contributed by atoms with E-state index in [0.29, 0.717) is 5.69 Å². The van der Waals surface area contributed by atoms with Crippen molar-refractivity contribution in [3.63, 3.8) is 0 Å². The predicted octanol–water partition coefficient (Wildman–Crippen LogP) is 4.07. The van der Waals surface area contributed by atoms with Crippen molar-refractivity contribution in [2.75, 3.05) is 5.32 Å². The molecule has 0 aliphatic rings. The molecule has 25 heavy (non-hydrogen) atoms. The second-order valence-corrected chi connectivity index (χ2v) is 5.77. The van der Waals surface area contributed by atoms with Gasteiger partial charge in [0, 0.05) is 6.08 Å².